The van der Waals surface area contributed by atoms with E-state index in [-0.39, 0.29) is 0 Å². The van der Waals surface area contributed by atoms with Crippen molar-refractivity contribution in [3.8, 4) is 0 Å². The van der Waals surface area contributed by atoms with E-state index >= 15 is 0 Å². The summed E-state index contributed by atoms with van der Waals surface area (Å²) in [5, 5.41) is 0. The summed E-state index contributed by atoms with van der Waals surface area (Å²) in [7, 11) is 0. The maximum absolute atomic E-state index is 12.5. The predicted molar refractivity (Wildman–Crippen MR) is 119 cm³/mol. The number of rotatable bonds is 12. The first-order valence-corrected chi connectivity index (χ1v) is 16.1. The van der Waals surface area contributed by atoms with Crippen molar-refractivity contribution in [2.75, 3.05) is 49.3 Å². The molecule has 0 bridgehead atoms. The monoisotopic (exact) mass is 408 g/mol. The fourth-order valence-corrected chi connectivity index (χ4v) is 11.4. The van der Waals surface area contributed by atoms with E-state index in [1.54, 1.807) is 0 Å². The molecule has 156 valence electrons. The molecule has 0 atom stereocenters. The van der Waals surface area contributed by atoms with Gasteiger partial charge in [0.2, 0.25) is 0 Å². The Kier molecular flexibility index (Phi) is 9.48. The standard InChI is InChI=1S/C20H42O4P2/c1-9-25(10-2,11-3,12-4)23-19(21)17-18-20(22)24-26(13-5,14-6,15-7)16-8/h17-18H,9-16H2,1-8H3/b18-17+. The fraction of sp³-hybridized carbons (Fsp3) is 0.800. The van der Waals surface area contributed by atoms with Crippen LogP contribution in [-0.4, -0.2) is 61.2 Å². The first-order chi connectivity index (χ1) is 12.1. The van der Waals surface area contributed by atoms with Gasteiger partial charge in [0.1, 0.15) is 0 Å². The zero-order chi connectivity index (χ0) is 20.5. The zero-order valence-electron chi connectivity index (χ0n) is 18.3. The predicted octanol–water partition coefficient (Wildman–Crippen LogP) is 5.72. The molecule has 6 heteroatoms. The minimum absolute atomic E-state index is 0.409. The molecule has 0 radical (unpaired) electrons. The summed E-state index contributed by atoms with van der Waals surface area (Å²) < 4.78 is 12.1. The summed E-state index contributed by atoms with van der Waals surface area (Å²) >= 11 is 0. The van der Waals surface area contributed by atoms with Crippen LogP contribution >= 0.6 is 13.7 Å². The van der Waals surface area contributed by atoms with Crippen LogP contribution in [0.4, 0.5) is 0 Å². The summed E-state index contributed by atoms with van der Waals surface area (Å²) in [6, 6.07) is 0. The van der Waals surface area contributed by atoms with Crippen LogP contribution in [0.2, 0.25) is 0 Å². The first kappa shape index (κ1) is 25.5. The Morgan fingerprint density at radius 3 is 0.885 bits per heavy atom. The first-order valence-electron chi connectivity index (χ1n) is 10.3. The van der Waals surface area contributed by atoms with Gasteiger partial charge in [-0.3, -0.25) is 0 Å². The van der Waals surface area contributed by atoms with Gasteiger partial charge in [-0.05, 0) is 0 Å². The van der Waals surface area contributed by atoms with Gasteiger partial charge in [-0.25, -0.2) is 0 Å². The number of hydrogen-bond acceptors (Lipinski definition) is 4. The van der Waals surface area contributed by atoms with Gasteiger partial charge >= 0.3 is 161 Å². The molecule has 0 aliphatic rings. The van der Waals surface area contributed by atoms with Crippen molar-refractivity contribution in [2.24, 2.45) is 0 Å². The molecule has 0 rings (SSSR count). The van der Waals surface area contributed by atoms with Gasteiger partial charge in [0.25, 0.3) is 0 Å². The molecule has 0 heterocycles. The molecule has 26 heavy (non-hydrogen) atoms. The Balaban J connectivity index is 5.34. The van der Waals surface area contributed by atoms with Crippen LogP contribution in [0.25, 0.3) is 0 Å². The minimum atomic E-state index is -2.49. The molecule has 0 aliphatic carbocycles. The van der Waals surface area contributed by atoms with Crippen molar-refractivity contribution in [1.29, 1.82) is 0 Å². The number of carbonyl (C=O) groups is 2. The van der Waals surface area contributed by atoms with Crippen molar-refractivity contribution in [3.05, 3.63) is 12.2 Å². The third-order valence-corrected chi connectivity index (χ3v) is 21.6. The van der Waals surface area contributed by atoms with Crippen molar-refractivity contribution < 1.29 is 18.6 Å². The summed E-state index contributed by atoms with van der Waals surface area (Å²) in [6.07, 6.45) is 9.59. The molecule has 0 unspecified atom stereocenters. The summed E-state index contributed by atoms with van der Waals surface area (Å²) in [5.41, 5.74) is 0. The van der Waals surface area contributed by atoms with Crippen LogP contribution in [0.1, 0.15) is 55.4 Å². The van der Waals surface area contributed by atoms with Gasteiger partial charge in [-0.1, -0.05) is 0 Å². The Bertz CT molecular complexity index is 427. The Hall–Kier alpha value is -0.460. The zero-order valence-corrected chi connectivity index (χ0v) is 20.1. The SMILES string of the molecule is CCP(CC)(CC)(CC)OC(=O)/C=C/C(=O)OP(CC)(CC)(CC)CC. The van der Waals surface area contributed by atoms with Gasteiger partial charge in [0, 0.05) is 0 Å². The van der Waals surface area contributed by atoms with Crippen molar-refractivity contribution >= 4 is 25.6 Å². The van der Waals surface area contributed by atoms with E-state index in [2.05, 4.69) is 55.4 Å². The van der Waals surface area contributed by atoms with Crippen LogP contribution in [0.15, 0.2) is 12.2 Å². The molecular weight excluding hydrogens is 366 g/mol. The van der Waals surface area contributed by atoms with Crippen molar-refractivity contribution in [1.82, 2.24) is 0 Å². The molecule has 0 saturated carbocycles. The summed E-state index contributed by atoms with van der Waals surface area (Å²) in [4.78, 5) is 24.9. The normalized spacial score (nSPS) is 15.7. The summed E-state index contributed by atoms with van der Waals surface area (Å²) in [5.74, 6) is -0.818. The average molecular weight is 409 g/mol. The van der Waals surface area contributed by atoms with E-state index in [4.69, 9.17) is 9.05 Å². The van der Waals surface area contributed by atoms with Crippen LogP contribution in [-0.2, 0) is 18.6 Å². The molecule has 0 spiro atoms. The quantitative estimate of drug-likeness (QED) is 0.306. The second-order valence-electron chi connectivity index (χ2n) is 7.40. The number of carbonyl (C=O) groups excluding carboxylic acids is 2. The summed E-state index contributed by atoms with van der Waals surface area (Å²) in [6.45, 7) is 11.9. The van der Waals surface area contributed by atoms with Crippen molar-refractivity contribution in [2.45, 2.75) is 55.4 Å². The van der Waals surface area contributed by atoms with E-state index in [0.717, 1.165) is 49.3 Å². The van der Waals surface area contributed by atoms with E-state index in [9.17, 15) is 9.59 Å². The number of hydrogen-bond donors (Lipinski definition) is 0. The van der Waals surface area contributed by atoms with Crippen LogP contribution in [0.3, 0.4) is 0 Å². The topological polar surface area (TPSA) is 52.6 Å². The van der Waals surface area contributed by atoms with Gasteiger partial charge in [-0.2, -0.15) is 0 Å². The second-order valence-corrected chi connectivity index (χ2v) is 20.3. The third-order valence-electron chi connectivity index (χ3n) is 7.45. The maximum atomic E-state index is 12.5. The second kappa shape index (κ2) is 9.65. The van der Waals surface area contributed by atoms with Gasteiger partial charge in [-0.15, -0.1) is 0 Å². The molecule has 0 aromatic rings. The Morgan fingerprint density at radius 1 is 0.538 bits per heavy atom. The van der Waals surface area contributed by atoms with Gasteiger partial charge in [0.05, 0.1) is 0 Å². The molecule has 0 fully saturated rings. The van der Waals surface area contributed by atoms with Crippen LogP contribution < -0.4 is 0 Å². The molecule has 0 aliphatic heterocycles. The molecule has 0 saturated heterocycles. The van der Waals surface area contributed by atoms with Gasteiger partial charge < -0.3 is 0 Å². The molecule has 4 nitrogen and oxygen atoms in total. The van der Waals surface area contributed by atoms with Gasteiger partial charge in [0.15, 0.2) is 0 Å². The van der Waals surface area contributed by atoms with Crippen LogP contribution in [0, 0.1) is 0 Å². The molecular formula is C20H42O4P2. The third kappa shape index (κ3) is 5.08. The fourth-order valence-electron chi connectivity index (χ4n) is 3.91. The van der Waals surface area contributed by atoms with Crippen molar-refractivity contribution in [3.63, 3.8) is 0 Å². The molecule has 0 N–H and O–H groups in total. The van der Waals surface area contributed by atoms with Crippen LogP contribution in [0.5, 0.6) is 0 Å². The molecule has 0 aromatic carbocycles. The van der Waals surface area contributed by atoms with E-state index in [1.165, 1.54) is 12.2 Å². The molecule has 0 aromatic heterocycles. The Labute approximate surface area is 161 Å². The molecule has 0 amide bonds. The van der Waals surface area contributed by atoms with E-state index < -0.39 is 25.6 Å². The van der Waals surface area contributed by atoms with E-state index in [0.29, 0.717) is 0 Å². The van der Waals surface area contributed by atoms with E-state index in [1.807, 2.05) is 0 Å². The Morgan fingerprint density at radius 2 is 0.731 bits per heavy atom. The average Bonchev–Trinajstić information content (AvgIpc) is 2.70.